The van der Waals surface area contributed by atoms with Gasteiger partial charge in [-0.2, -0.15) is 0 Å². The molecule has 8 nitrogen and oxygen atoms in total. The first-order chi connectivity index (χ1) is 15.6. The maximum Gasteiger partial charge on any atom is 0.162 e. The van der Waals surface area contributed by atoms with Crippen molar-refractivity contribution in [3.8, 4) is 22.6 Å². The van der Waals surface area contributed by atoms with Crippen LogP contribution >= 0.6 is 0 Å². The van der Waals surface area contributed by atoms with Crippen LogP contribution in [0.3, 0.4) is 0 Å². The zero-order valence-electron chi connectivity index (χ0n) is 19.1. The molecule has 0 unspecified atom stereocenters. The summed E-state index contributed by atoms with van der Waals surface area (Å²) in [6.45, 7) is 9.60. The molecule has 1 aromatic carbocycles. The van der Waals surface area contributed by atoms with Gasteiger partial charge in [-0.1, -0.05) is 23.4 Å². The predicted molar refractivity (Wildman–Crippen MR) is 125 cm³/mol. The fraction of sp³-hybridized carbons (Fsp3) is 0.458. The first kappa shape index (κ1) is 22.4. The summed E-state index contributed by atoms with van der Waals surface area (Å²) in [7, 11) is 0. The molecule has 0 radical (unpaired) electrons. The van der Waals surface area contributed by atoms with Crippen LogP contribution in [0.4, 0.5) is 5.82 Å². The largest absolute Gasteiger partial charge is 0.381 e. The summed E-state index contributed by atoms with van der Waals surface area (Å²) >= 11 is 0. The predicted octanol–water partition coefficient (Wildman–Crippen LogP) is 3.36. The lowest BCUT2D eigenvalue weighted by Crippen LogP contribution is -2.28. The summed E-state index contributed by atoms with van der Waals surface area (Å²) < 4.78 is 11.0. The Hall–Kier alpha value is -2.81. The minimum atomic E-state index is 0.328. The van der Waals surface area contributed by atoms with E-state index in [9.17, 15) is 0 Å². The quantitative estimate of drug-likeness (QED) is 0.461. The van der Waals surface area contributed by atoms with Crippen molar-refractivity contribution in [2.24, 2.45) is 5.73 Å². The van der Waals surface area contributed by atoms with Crippen molar-refractivity contribution in [1.82, 2.24) is 20.4 Å². The third kappa shape index (κ3) is 4.98. The number of anilines is 1. The molecular formula is C24H32N6O2. The smallest absolute Gasteiger partial charge is 0.162 e. The van der Waals surface area contributed by atoms with Crippen molar-refractivity contribution in [3.63, 3.8) is 0 Å². The number of ether oxygens (including phenoxy) is 1. The maximum absolute atomic E-state index is 5.60. The van der Waals surface area contributed by atoms with Crippen molar-refractivity contribution in [2.75, 3.05) is 31.6 Å². The molecular weight excluding hydrogens is 404 g/mol. The van der Waals surface area contributed by atoms with E-state index < -0.39 is 0 Å². The van der Waals surface area contributed by atoms with Crippen LogP contribution in [0.2, 0.25) is 0 Å². The van der Waals surface area contributed by atoms with Crippen LogP contribution in [0.15, 0.2) is 28.8 Å². The van der Waals surface area contributed by atoms with Gasteiger partial charge in [0.1, 0.15) is 11.6 Å². The lowest BCUT2D eigenvalue weighted by Gasteiger charge is -2.25. The molecule has 0 amide bonds. The van der Waals surface area contributed by atoms with Gasteiger partial charge in [-0.15, -0.1) is 0 Å². The van der Waals surface area contributed by atoms with Crippen LogP contribution < -0.4 is 16.4 Å². The zero-order chi connectivity index (χ0) is 22.5. The second-order valence-corrected chi connectivity index (χ2v) is 8.27. The van der Waals surface area contributed by atoms with E-state index in [-0.39, 0.29) is 0 Å². The molecule has 4 N–H and O–H groups in total. The molecule has 170 valence electrons. The Morgan fingerprint density at radius 2 is 1.94 bits per heavy atom. The summed E-state index contributed by atoms with van der Waals surface area (Å²) in [4.78, 5) is 9.93. The van der Waals surface area contributed by atoms with Crippen molar-refractivity contribution in [1.29, 1.82) is 0 Å². The number of nitrogens with zero attached hydrogens (tertiary/aromatic N) is 3. The first-order valence-electron chi connectivity index (χ1n) is 11.2. The van der Waals surface area contributed by atoms with Crippen LogP contribution in [0, 0.1) is 20.8 Å². The van der Waals surface area contributed by atoms with Crippen LogP contribution in [0.25, 0.3) is 22.6 Å². The summed E-state index contributed by atoms with van der Waals surface area (Å²) in [6.07, 6.45) is 1.92. The molecule has 0 saturated carbocycles. The topological polar surface area (TPSA) is 111 Å². The van der Waals surface area contributed by atoms with Gasteiger partial charge < -0.3 is 25.6 Å². The van der Waals surface area contributed by atoms with Crippen LogP contribution in [0.1, 0.15) is 35.4 Å². The molecule has 32 heavy (non-hydrogen) atoms. The monoisotopic (exact) mass is 436 g/mol. The van der Waals surface area contributed by atoms with Gasteiger partial charge in [0.2, 0.25) is 0 Å². The number of hydrogen-bond donors (Lipinski definition) is 3. The molecule has 3 heterocycles. The molecule has 0 spiro atoms. The molecule has 0 aliphatic carbocycles. The first-order valence-corrected chi connectivity index (χ1v) is 11.2. The molecule has 8 heteroatoms. The number of nitrogens with one attached hydrogen (secondary N) is 2. The van der Waals surface area contributed by atoms with Gasteiger partial charge in [0.15, 0.2) is 5.82 Å². The second-order valence-electron chi connectivity index (χ2n) is 8.27. The lowest BCUT2D eigenvalue weighted by molar-refractivity contribution is 0.0904. The fourth-order valence-corrected chi connectivity index (χ4v) is 4.04. The van der Waals surface area contributed by atoms with E-state index >= 15 is 0 Å². The summed E-state index contributed by atoms with van der Waals surface area (Å²) in [6, 6.07) is 8.64. The number of rotatable bonds is 8. The highest BCUT2D eigenvalue weighted by Gasteiger charge is 2.22. The number of aromatic nitrogens is 3. The third-order valence-electron chi connectivity index (χ3n) is 5.81. The average molecular weight is 437 g/mol. The van der Waals surface area contributed by atoms with Crippen molar-refractivity contribution in [3.05, 3.63) is 46.8 Å². The third-order valence-corrected chi connectivity index (χ3v) is 5.81. The van der Waals surface area contributed by atoms with Gasteiger partial charge in [0, 0.05) is 50.0 Å². The van der Waals surface area contributed by atoms with Gasteiger partial charge in [0.25, 0.3) is 0 Å². The van der Waals surface area contributed by atoms with Crippen LogP contribution in [-0.2, 0) is 11.3 Å². The Bertz CT molecular complexity index is 1040. The van der Waals surface area contributed by atoms with E-state index in [1.807, 2.05) is 26.0 Å². The summed E-state index contributed by atoms with van der Waals surface area (Å²) in [5.41, 5.74) is 11.3. The molecule has 1 fully saturated rings. The zero-order valence-corrected chi connectivity index (χ0v) is 19.1. The van der Waals surface area contributed by atoms with Gasteiger partial charge in [-0.05, 0) is 45.2 Å². The summed E-state index contributed by atoms with van der Waals surface area (Å²) in [5, 5.41) is 11.1. The molecule has 0 bridgehead atoms. The van der Waals surface area contributed by atoms with E-state index in [1.165, 1.54) is 0 Å². The van der Waals surface area contributed by atoms with Gasteiger partial charge in [0.05, 0.1) is 17.0 Å². The van der Waals surface area contributed by atoms with E-state index in [1.54, 1.807) is 0 Å². The van der Waals surface area contributed by atoms with Gasteiger partial charge in [-0.25, -0.2) is 9.97 Å². The summed E-state index contributed by atoms with van der Waals surface area (Å²) in [5.74, 6) is 2.29. The second kappa shape index (κ2) is 10.2. The Morgan fingerprint density at radius 3 is 2.66 bits per heavy atom. The minimum absolute atomic E-state index is 0.328. The molecule has 1 saturated heterocycles. The number of hydrogen-bond acceptors (Lipinski definition) is 8. The van der Waals surface area contributed by atoms with E-state index in [0.29, 0.717) is 18.4 Å². The Morgan fingerprint density at radius 1 is 1.12 bits per heavy atom. The standard InChI is InChI=1S/C24H32N6O2/c1-15-22(21-16(2)30-32-17(21)3)28-24(29-23(15)27-20-7-11-31-12-8-20)19-6-4-5-18(13-19)14-26-10-9-25/h4-6,13,20,26H,7-12,14,25H2,1-3H3,(H,27,28,29). The highest BCUT2D eigenvalue weighted by Crippen LogP contribution is 2.33. The number of benzene rings is 1. The van der Waals surface area contributed by atoms with Gasteiger partial charge in [-0.3, -0.25) is 0 Å². The average Bonchev–Trinajstić information content (AvgIpc) is 3.14. The molecule has 3 aromatic rings. The molecule has 1 aliphatic heterocycles. The lowest BCUT2D eigenvalue weighted by atomic mass is 10.0. The Balaban J connectivity index is 1.76. The fourth-order valence-electron chi connectivity index (χ4n) is 4.04. The van der Waals surface area contributed by atoms with E-state index in [4.69, 9.17) is 25.0 Å². The highest BCUT2D eigenvalue weighted by atomic mass is 16.5. The van der Waals surface area contributed by atoms with Crippen molar-refractivity contribution in [2.45, 2.75) is 46.2 Å². The molecule has 1 aliphatic rings. The molecule has 0 atom stereocenters. The number of nitrogens with two attached hydrogens (primary N) is 1. The van der Waals surface area contributed by atoms with Gasteiger partial charge >= 0.3 is 0 Å². The van der Waals surface area contributed by atoms with Crippen molar-refractivity contribution < 1.29 is 9.26 Å². The Labute approximate surface area is 189 Å². The van der Waals surface area contributed by atoms with E-state index in [0.717, 1.165) is 84.4 Å². The molecule has 4 rings (SSSR count). The molecule has 2 aromatic heterocycles. The number of aryl methyl sites for hydroxylation is 2. The minimum Gasteiger partial charge on any atom is -0.381 e. The van der Waals surface area contributed by atoms with Crippen LogP contribution in [-0.4, -0.2) is 47.5 Å². The van der Waals surface area contributed by atoms with Crippen molar-refractivity contribution >= 4 is 5.82 Å². The Kier molecular flexibility index (Phi) is 7.14. The maximum atomic E-state index is 5.60. The van der Waals surface area contributed by atoms with E-state index in [2.05, 4.69) is 34.8 Å². The highest BCUT2D eigenvalue weighted by molar-refractivity contribution is 5.74. The van der Waals surface area contributed by atoms with Crippen LogP contribution in [0.5, 0.6) is 0 Å². The normalized spacial score (nSPS) is 14.6. The SMILES string of the molecule is Cc1noc(C)c1-c1nc(-c2cccc(CNCCN)c2)nc(NC2CCOCC2)c1C.